The lowest BCUT2D eigenvalue weighted by Crippen LogP contribution is -2.41. The van der Waals surface area contributed by atoms with Gasteiger partial charge in [-0.3, -0.25) is 0 Å². The molecule has 120 valence electrons. The second-order valence-corrected chi connectivity index (χ2v) is 8.39. The van der Waals surface area contributed by atoms with Crippen LogP contribution in [0.25, 0.3) is 10.9 Å². The molecule has 1 aliphatic carbocycles. The van der Waals surface area contributed by atoms with Crippen molar-refractivity contribution in [2.24, 2.45) is 0 Å². The third-order valence-electron chi connectivity index (χ3n) is 3.91. The average Bonchev–Trinajstić information content (AvgIpc) is 3.31. The van der Waals surface area contributed by atoms with Gasteiger partial charge in [-0.1, -0.05) is 0 Å². The molecule has 0 aliphatic heterocycles. The van der Waals surface area contributed by atoms with Gasteiger partial charge in [0.25, 0.3) is 0 Å². The SMILES string of the molecule is [2H]C([2H])([2H])N(C([2H])([2H])[2H])C(C)(C)C([2H])([2H])n1ccc2cc(S(=O)(=O)C3CC3)ccc21. The van der Waals surface area contributed by atoms with Crippen molar-refractivity contribution in [1.82, 2.24) is 9.47 Å². The molecule has 5 heteroatoms. The summed E-state index contributed by atoms with van der Waals surface area (Å²) >= 11 is 0. The minimum absolute atomic E-state index is 0.154. The molecule has 1 heterocycles. The minimum atomic E-state index is -3.42. The summed E-state index contributed by atoms with van der Waals surface area (Å²) in [4.78, 5) is 0.381. The van der Waals surface area contributed by atoms with Crippen LogP contribution in [0.3, 0.4) is 0 Å². The summed E-state index contributed by atoms with van der Waals surface area (Å²) in [6.45, 7) is -6.16. The van der Waals surface area contributed by atoms with Crippen LogP contribution in [0.2, 0.25) is 0 Å². The highest BCUT2D eigenvalue weighted by atomic mass is 32.2. The van der Waals surface area contributed by atoms with Gasteiger partial charge >= 0.3 is 0 Å². The summed E-state index contributed by atoms with van der Waals surface area (Å²) in [6, 6.07) is 5.87. The lowest BCUT2D eigenvalue weighted by atomic mass is 10.0. The summed E-state index contributed by atoms with van der Waals surface area (Å²) in [7, 11) is -3.42. The summed E-state index contributed by atoms with van der Waals surface area (Å²) in [5.41, 5.74) is -1.65. The van der Waals surface area contributed by atoms with E-state index in [2.05, 4.69) is 0 Å². The van der Waals surface area contributed by atoms with Crippen molar-refractivity contribution < 1.29 is 19.4 Å². The molecule has 22 heavy (non-hydrogen) atoms. The van der Waals surface area contributed by atoms with Gasteiger partial charge in [-0.2, -0.15) is 0 Å². The Kier molecular flexibility index (Phi) is 1.97. The van der Waals surface area contributed by atoms with E-state index < -0.39 is 35.8 Å². The first kappa shape index (κ1) is 8.50. The van der Waals surface area contributed by atoms with E-state index in [1.54, 1.807) is 0 Å². The predicted molar refractivity (Wildman–Crippen MR) is 89.9 cm³/mol. The number of likely N-dealkylation sites (N-methyl/N-ethyl adjacent to an activating group) is 1. The highest BCUT2D eigenvalue weighted by molar-refractivity contribution is 7.92. The van der Waals surface area contributed by atoms with E-state index in [0.29, 0.717) is 23.7 Å². The van der Waals surface area contributed by atoms with Gasteiger partial charge in [0.15, 0.2) is 9.84 Å². The van der Waals surface area contributed by atoms with Crippen molar-refractivity contribution in [3.05, 3.63) is 30.5 Å². The van der Waals surface area contributed by atoms with Crippen molar-refractivity contribution >= 4 is 20.7 Å². The van der Waals surface area contributed by atoms with Crippen molar-refractivity contribution in [1.29, 1.82) is 0 Å². The molecule has 0 unspecified atom stereocenters. The fraction of sp³-hybridized carbons (Fsp3) is 0.529. The number of nitrogens with zero attached hydrogens (tertiary/aromatic N) is 2. The number of aromatic nitrogens is 1. The molecule has 4 nitrogen and oxygen atoms in total. The summed E-state index contributed by atoms with van der Waals surface area (Å²) < 4.78 is 89.5. The third-order valence-corrected chi connectivity index (χ3v) is 6.17. The maximum absolute atomic E-state index is 12.5. The first-order valence-electron chi connectivity index (χ1n) is 11.1. The predicted octanol–water partition coefficient (Wildman–Crippen LogP) is 2.92. The van der Waals surface area contributed by atoms with Crippen LogP contribution in [0.1, 0.15) is 37.7 Å². The van der Waals surface area contributed by atoms with Gasteiger partial charge in [0.05, 0.1) is 12.9 Å². The molecule has 1 saturated carbocycles. The number of benzene rings is 1. The topological polar surface area (TPSA) is 42.3 Å². The van der Waals surface area contributed by atoms with E-state index in [9.17, 15) is 8.42 Å². The summed E-state index contributed by atoms with van der Waals surface area (Å²) in [5.74, 6) is 0. The first-order chi connectivity index (χ1) is 13.4. The molecule has 1 aromatic carbocycles. The molecular weight excluding hydrogens is 296 g/mol. The molecule has 1 aliphatic rings. The van der Waals surface area contributed by atoms with Crippen molar-refractivity contribution in [2.45, 2.75) is 48.9 Å². The van der Waals surface area contributed by atoms with Crippen LogP contribution < -0.4 is 0 Å². The van der Waals surface area contributed by atoms with Crippen LogP contribution >= 0.6 is 0 Å². The Bertz CT molecular complexity index is 1050. The number of sulfone groups is 1. The first-order valence-corrected chi connectivity index (χ1v) is 8.62. The molecule has 1 fully saturated rings. The summed E-state index contributed by atoms with van der Waals surface area (Å²) in [6.07, 6.45) is 2.62. The van der Waals surface area contributed by atoms with Gasteiger partial charge < -0.3 is 9.47 Å². The zero-order valence-corrected chi connectivity index (χ0v) is 13.3. The van der Waals surface area contributed by atoms with Crippen molar-refractivity contribution in [3.8, 4) is 0 Å². The van der Waals surface area contributed by atoms with Crippen LogP contribution in [0, 0.1) is 0 Å². The van der Waals surface area contributed by atoms with Gasteiger partial charge in [-0.25, -0.2) is 8.42 Å². The van der Waals surface area contributed by atoms with E-state index >= 15 is 0 Å². The maximum Gasteiger partial charge on any atom is 0.181 e. The Labute approximate surface area is 143 Å². The monoisotopic (exact) mass is 328 g/mol. The van der Waals surface area contributed by atoms with Crippen LogP contribution in [0.5, 0.6) is 0 Å². The molecule has 0 radical (unpaired) electrons. The lowest BCUT2D eigenvalue weighted by Gasteiger charge is -2.33. The largest absolute Gasteiger partial charge is 0.346 e. The molecule has 2 aromatic rings. The van der Waals surface area contributed by atoms with Crippen molar-refractivity contribution in [3.63, 3.8) is 0 Å². The van der Waals surface area contributed by atoms with E-state index in [1.807, 2.05) is 0 Å². The number of hydrogen-bond acceptors (Lipinski definition) is 3. The number of fused-ring (bicyclic) bond motifs is 1. The van der Waals surface area contributed by atoms with Gasteiger partial charge in [0.2, 0.25) is 0 Å². The Morgan fingerprint density at radius 3 is 2.73 bits per heavy atom. The second kappa shape index (κ2) is 5.10. The van der Waals surface area contributed by atoms with Gasteiger partial charge in [0.1, 0.15) is 0 Å². The maximum atomic E-state index is 12.5. The van der Waals surface area contributed by atoms with Gasteiger partial charge in [0, 0.05) is 37.4 Å². The van der Waals surface area contributed by atoms with Gasteiger partial charge in [-0.15, -0.1) is 0 Å². The standard InChI is InChI=1S/C17H24N2O2S/c1-17(2,18(3)4)12-19-10-9-13-11-15(7-8-16(13)19)22(20,21)14-5-6-14/h7-11,14H,5-6,12H2,1-4H3/i3D3,4D3,12D2. The second-order valence-electron chi connectivity index (χ2n) is 6.16. The van der Waals surface area contributed by atoms with E-state index in [-0.39, 0.29) is 15.0 Å². The average molecular weight is 329 g/mol. The van der Waals surface area contributed by atoms with Crippen LogP contribution in [-0.2, 0) is 16.3 Å². The Hall–Kier alpha value is -1.33. The lowest BCUT2D eigenvalue weighted by molar-refractivity contribution is 0.171. The molecule has 0 spiro atoms. The molecule has 1 aromatic heterocycles. The number of rotatable bonds is 5. The Morgan fingerprint density at radius 1 is 1.36 bits per heavy atom. The van der Waals surface area contributed by atoms with E-state index in [0.717, 1.165) is 4.57 Å². The fourth-order valence-electron chi connectivity index (χ4n) is 2.31. The quantitative estimate of drug-likeness (QED) is 0.847. The zero-order valence-electron chi connectivity index (χ0n) is 20.5. The highest BCUT2D eigenvalue weighted by Gasteiger charge is 2.36. The molecule has 0 atom stereocenters. The van der Waals surface area contributed by atoms with Gasteiger partial charge in [-0.05, 0) is 64.9 Å². The molecule has 0 amide bonds. The fourth-order valence-corrected chi connectivity index (χ4v) is 4.00. The van der Waals surface area contributed by atoms with Crippen LogP contribution in [0.4, 0.5) is 0 Å². The van der Waals surface area contributed by atoms with Crippen LogP contribution in [0.15, 0.2) is 35.4 Å². The smallest absolute Gasteiger partial charge is 0.181 e. The molecule has 0 bridgehead atoms. The summed E-state index contributed by atoms with van der Waals surface area (Å²) in [5, 5.41) is 0.0836. The molecule has 0 saturated heterocycles. The Balaban J connectivity index is 2.11. The number of hydrogen-bond donors (Lipinski definition) is 0. The Morgan fingerprint density at radius 2 is 2.09 bits per heavy atom. The van der Waals surface area contributed by atoms with E-state index in [1.165, 1.54) is 44.3 Å². The minimum Gasteiger partial charge on any atom is -0.346 e. The van der Waals surface area contributed by atoms with Crippen molar-refractivity contribution in [2.75, 3.05) is 14.0 Å². The molecular formula is C17H24N2O2S. The molecule has 0 N–H and O–H groups in total. The molecule has 3 rings (SSSR count). The normalized spacial score (nSPS) is 23.8. The third kappa shape index (κ3) is 2.68. The highest BCUT2D eigenvalue weighted by Crippen LogP contribution is 2.34. The van der Waals surface area contributed by atoms with Crippen LogP contribution in [-0.4, -0.2) is 42.6 Å². The zero-order chi connectivity index (χ0) is 22.9. The van der Waals surface area contributed by atoms with E-state index in [4.69, 9.17) is 11.0 Å².